The summed E-state index contributed by atoms with van der Waals surface area (Å²) in [5, 5.41) is 12.7. The summed E-state index contributed by atoms with van der Waals surface area (Å²) in [4.78, 5) is 14.8. The van der Waals surface area contributed by atoms with Crippen LogP contribution in [-0.4, -0.2) is 22.1 Å². The van der Waals surface area contributed by atoms with Crippen molar-refractivity contribution < 1.29 is 9.90 Å². The third-order valence-electron chi connectivity index (χ3n) is 3.35. The number of hydrogen-bond donors (Lipinski definition) is 2. The zero-order chi connectivity index (χ0) is 13.8. The van der Waals surface area contributed by atoms with Crippen LogP contribution in [0.5, 0.6) is 0 Å². The molecule has 19 heavy (non-hydrogen) atoms. The summed E-state index contributed by atoms with van der Waals surface area (Å²) < 4.78 is 0. The maximum atomic E-state index is 10.8. The largest absolute Gasteiger partial charge is 0.478 e. The Hall–Kier alpha value is -1.55. The standard InChI is InChI=1S/C14H17ClN2O2/c1-9(6-14(18)19)11-8-16-13(15)7-12(11)17-10-4-2-3-5-10/h6-8,10H,2-5H2,1H3,(H,16,17)(H,18,19)/b9-6+. The van der Waals surface area contributed by atoms with Crippen LogP contribution in [0, 0.1) is 0 Å². The number of carboxylic acid groups (broad SMARTS) is 1. The molecule has 0 atom stereocenters. The highest BCUT2D eigenvalue weighted by Crippen LogP contribution is 2.29. The molecule has 0 amide bonds. The average Bonchev–Trinajstić information content (AvgIpc) is 2.80. The maximum Gasteiger partial charge on any atom is 0.328 e. The highest BCUT2D eigenvalue weighted by atomic mass is 35.5. The first-order chi connectivity index (χ1) is 9.06. The molecule has 1 heterocycles. The molecule has 1 saturated carbocycles. The number of rotatable bonds is 4. The van der Waals surface area contributed by atoms with Gasteiger partial charge >= 0.3 is 5.97 Å². The molecule has 1 aliphatic rings. The van der Waals surface area contributed by atoms with Gasteiger partial charge in [0.1, 0.15) is 5.15 Å². The van der Waals surface area contributed by atoms with Crippen LogP contribution in [0.25, 0.3) is 5.57 Å². The Bertz CT molecular complexity index is 508. The minimum Gasteiger partial charge on any atom is -0.478 e. The monoisotopic (exact) mass is 280 g/mol. The molecule has 4 nitrogen and oxygen atoms in total. The molecule has 0 radical (unpaired) electrons. The third kappa shape index (κ3) is 3.70. The van der Waals surface area contributed by atoms with Gasteiger partial charge < -0.3 is 10.4 Å². The number of nitrogens with one attached hydrogen (secondary N) is 1. The van der Waals surface area contributed by atoms with Crippen molar-refractivity contribution in [2.75, 3.05) is 5.32 Å². The van der Waals surface area contributed by atoms with Crippen LogP contribution in [0.3, 0.4) is 0 Å². The second-order valence-corrected chi connectivity index (χ2v) is 5.23. The van der Waals surface area contributed by atoms with E-state index in [1.807, 2.05) is 0 Å². The van der Waals surface area contributed by atoms with E-state index in [1.54, 1.807) is 19.2 Å². The molecule has 2 N–H and O–H groups in total. The molecule has 0 saturated heterocycles. The van der Waals surface area contributed by atoms with Crippen LogP contribution in [0.15, 0.2) is 18.3 Å². The molecule has 1 aliphatic carbocycles. The lowest BCUT2D eigenvalue weighted by Gasteiger charge is -2.17. The third-order valence-corrected chi connectivity index (χ3v) is 3.56. The molecule has 0 bridgehead atoms. The molecule has 2 rings (SSSR count). The molecule has 0 aliphatic heterocycles. The molecule has 1 aromatic rings. The zero-order valence-electron chi connectivity index (χ0n) is 10.8. The highest BCUT2D eigenvalue weighted by molar-refractivity contribution is 6.29. The Morgan fingerprint density at radius 2 is 2.21 bits per heavy atom. The van der Waals surface area contributed by atoms with Crippen LogP contribution < -0.4 is 5.32 Å². The van der Waals surface area contributed by atoms with Gasteiger partial charge in [-0.2, -0.15) is 0 Å². The summed E-state index contributed by atoms with van der Waals surface area (Å²) in [6.45, 7) is 1.76. The van der Waals surface area contributed by atoms with Crippen LogP contribution in [0.4, 0.5) is 5.69 Å². The van der Waals surface area contributed by atoms with Crippen molar-refractivity contribution >= 4 is 28.8 Å². The normalized spacial score (nSPS) is 16.6. The van der Waals surface area contributed by atoms with Gasteiger partial charge in [0.25, 0.3) is 0 Å². The van der Waals surface area contributed by atoms with Crippen molar-refractivity contribution in [3.8, 4) is 0 Å². The van der Waals surface area contributed by atoms with E-state index >= 15 is 0 Å². The summed E-state index contributed by atoms with van der Waals surface area (Å²) in [7, 11) is 0. The number of hydrogen-bond acceptors (Lipinski definition) is 3. The van der Waals surface area contributed by atoms with E-state index in [1.165, 1.54) is 18.9 Å². The summed E-state index contributed by atoms with van der Waals surface area (Å²) in [6.07, 6.45) is 7.55. The Morgan fingerprint density at radius 3 is 2.84 bits per heavy atom. The molecule has 0 aromatic carbocycles. The summed E-state index contributed by atoms with van der Waals surface area (Å²) >= 11 is 5.93. The number of pyridine rings is 1. The second kappa shape index (κ2) is 6.06. The minimum atomic E-state index is -0.959. The lowest BCUT2D eigenvalue weighted by atomic mass is 10.1. The van der Waals surface area contributed by atoms with Crippen LogP contribution in [0.2, 0.25) is 5.15 Å². The van der Waals surface area contributed by atoms with Crippen LogP contribution in [-0.2, 0) is 4.79 Å². The number of nitrogens with zero attached hydrogens (tertiary/aromatic N) is 1. The number of carboxylic acids is 1. The van der Waals surface area contributed by atoms with Gasteiger partial charge in [-0.05, 0) is 31.4 Å². The first-order valence-corrected chi connectivity index (χ1v) is 6.78. The van der Waals surface area contributed by atoms with Gasteiger partial charge in [0, 0.05) is 29.6 Å². The van der Waals surface area contributed by atoms with Crippen LogP contribution in [0.1, 0.15) is 38.2 Å². The number of halogens is 1. The molecular weight excluding hydrogens is 264 g/mol. The van der Waals surface area contributed by atoms with Gasteiger partial charge in [0.05, 0.1) is 0 Å². The van der Waals surface area contributed by atoms with E-state index in [-0.39, 0.29) is 0 Å². The summed E-state index contributed by atoms with van der Waals surface area (Å²) in [6, 6.07) is 2.20. The Morgan fingerprint density at radius 1 is 1.53 bits per heavy atom. The predicted molar refractivity (Wildman–Crippen MR) is 76.4 cm³/mol. The fourth-order valence-corrected chi connectivity index (χ4v) is 2.57. The van der Waals surface area contributed by atoms with Crippen molar-refractivity contribution in [3.05, 3.63) is 29.1 Å². The lowest BCUT2D eigenvalue weighted by molar-refractivity contribution is -0.131. The number of aliphatic carboxylic acids is 1. The van der Waals surface area contributed by atoms with E-state index in [0.29, 0.717) is 16.8 Å². The highest BCUT2D eigenvalue weighted by Gasteiger charge is 2.17. The lowest BCUT2D eigenvalue weighted by Crippen LogP contribution is -2.15. The van der Waals surface area contributed by atoms with Gasteiger partial charge in [-0.15, -0.1) is 0 Å². The average molecular weight is 281 g/mol. The Balaban J connectivity index is 2.29. The summed E-state index contributed by atoms with van der Waals surface area (Å²) in [5.74, 6) is -0.959. The molecule has 0 unspecified atom stereocenters. The SMILES string of the molecule is C/C(=C\C(=O)O)c1cnc(Cl)cc1NC1CCCC1. The van der Waals surface area contributed by atoms with E-state index in [0.717, 1.165) is 24.1 Å². The van der Waals surface area contributed by atoms with Gasteiger partial charge in [-0.25, -0.2) is 9.78 Å². The topological polar surface area (TPSA) is 62.2 Å². The molecule has 1 fully saturated rings. The zero-order valence-corrected chi connectivity index (χ0v) is 11.6. The van der Waals surface area contributed by atoms with Crippen molar-refractivity contribution in [2.24, 2.45) is 0 Å². The van der Waals surface area contributed by atoms with Crippen molar-refractivity contribution in [3.63, 3.8) is 0 Å². The fourth-order valence-electron chi connectivity index (χ4n) is 2.42. The quantitative estimate of drug-likeness (QED) is 0.654. The summed E-state index contributed by atoms with van der Waals surface area (Å²) in [5.41, 5.74) is 2.32. The van der Waals surface area contributed by atoms with E-state index in [9.17, 15) is 4.79 Å². The number of allylic oxidation sites excluding steroid dienone is 1. The van der Waals surface area contributed by atoms with Crippen molar-refractivity contribution in [1.29, 1.82) is 0 Å². The maximum absolute atomic E-state index is 10.8. The fraction of sp³-hybridized carbons (Fsp3) is 0.429. The molecule has 0 spiro atoms. The van der Waals surface area contributed by atoms with Gasteiger partial charge in [-0.1, -0.05) is 24.4 Å². The smallest absolute Gasteiger partial charge is 0.328 e. The Labute approximate surface area is 117 Å². The van der Waals surface area contributed by atoms with Crippen molar-refractivity contribution in [1.82, 2.24) is 4.98 Å². The van der Waals surface area contributed by atoms with Gasteiger partial charge in [-0.3, -0.25) is 0 Å². The number of carbonyl (C=O) groups is 1. The number of anilines is 1. The number of aromatic nitrogens is 1. The predicted octanol–water partition coefficient (Wildman–Crippen LogP) is 3.58. The first kappa shape index (κ1) is 13.9. The second-order valence-electron chi connectivity index (χ2n) is 4.84. The van der Waals surface area contributed by atoms with Crippen LogP contribution >= 0.6 is 11.6 Å². The Kier molecular flexibility index (Phi) is 4.43. The molecular formula is C14H17ClN2O2. The van der Waals surface area contributed by atoms with E-state index in [4.69, 9.17) is 16.7 Å². The van der Waals surface area contributed by atoms with Gasteiger partial charge in [0.15, 0.2) is 0 Å². The molecule has 1 aromatic heterocycles. The van der Waals surface area contributed by atoms with E-state index in [2.05, 4.69) is 10.3 Å². The first-order valence-electron chi connectivity index (χ1n) is 6.40. The molecule has 102 valence electrons. The minimum absolute atomic E-state index is 0.410. The molecule has 5 heteroatoms. The van der Waals surface area contributed by atoms with Gasteiger partial charge in [0.2, 0.25) is 0 Å². The van der Waals surface area contributed by atoms with Crippen molar-refractivity contribution in [2.45, 2.75) is 38.6 Å². The van der Waals surface area contributed by atoms with E-state index < -0.39 is 5.97 Å².